The highest BCUT2D eigenvalue weighted by Crippen LogP contribution is 2.39. The van der Waals surface area contributed by atoms with Crippen molar-refractivity contribution in [3.63, 3.8) is 0 Å². The summed E-state index contributed by atoms with van der Waals surface area (Å²) in [5, 5.41) is 2.83. The Morgan fingerprint density at radius 1 is 1.05 bits per heavy atom. The average molecular weight is 533 g/mol. The molecule has 6 nitrogen and oxygen atoms in total. The molecule has 0 unspecified atom stereocenters. The van der Waals surface area contributed by atoms with E-state index in [4.69, 9.17) is 21.7 Å². The summed E-state index contributed by atoms with van der Waals surface area (Å²) in [6.07, 6.45) is 1.80. The van der Waals surface area contributed by atoms with Crippen LogP contribution in [0, 0.1) is 6.92 Å². The van der Waals surface area contributed by atoms with Crippen LogP contribution in [-0.2, 0) is 9.59 Å². The molecular weight excluding hydrogens is 504 g/mol. The minimum atomic E-state index is -0.270. The Bertz CT molecular complexity index is 1340. The Morgan fingerprint density at radius 2 is 1.84 bits per heavy atom. The van der Waals surface area contributed by atoms with E-state index in [1.54, 1.807) is 23.1 Å². The number of rotatable bonds is 9. The maximum absolute atomic E-state index is 13.2. The molecule has 2 amide bonds. The summed E-state index contributed by atoms with van der Waals surface area (Å²) >= 11 is 6.82. The van der Waals surface area contributed by atoms with E-state index >= 15 is 0 Å². The van der Waals surface area contributed by atoms with Crippen LogP contribution in [0.1, 0.15) is 36.6 Å². The predicted octanol–water partition coefficient (Wildman–Crippen LogP) is 6.37. The molecule has 0 bridgehead atoms. The van der Waals surface area contributed by atoms with E-state index in [1.165, 1.54) is 11.8 Å². The van der Waals surface area contributed by atoms with Crippen molar-refractivity contribution < 1.29 is 19.1 Å². The third-order valence-electron chi connectivity index (χ3n) is 5.72. The van der Waals surface area contributed by atoms with E-state index in [0.29, 0.717) is 33.0 Å². The lowest BCUT2D eigenvalue weighted by Crippen LogP contribution is -2.30. The largest absolute Gasteiger partial charge is 0.490 e. The summed E-state index contributed by atoms with van der Waals surface area (Å²) in [5.41, 5.74) is 3.56. The Balaban J connectivity index is 1.46. The maximum atomic E-state index is 13.2. The second-order valence-electron chi connectivity index (χ2n) is 8.48. The smallest absolute Gasteiger partial charge is 0.266 e. The number of anilines is 1. The lowest BCUT2D eigenvalue weighted by Gasteiger charge is -2.23. The molecule has 0 saturated carbocycles. The summed E-state index contributed by atoms with van der Waals surface area (Å²) in [5.74, 6) is 0.544. The third kappa shape index (κ3) is 6.58. The normalized spacial score (nSPS) is 15.1. The fourth-order valence-electron chi connectivity index (χ4n) is 3.91. The number of nitrogens with one attached hydrogen (secondary N) is 1. The van der Waals surface area contributed by atoms with E-state index in [9.17, 15) is 9.59 Å². The SMILES string of the molecule is CCOc1cc(/C=C2\SC(=S)N([C@H](C)c3ccccc3)C2=O)ccc1OCC(=O)Nc1cccc(C)c1. The fourth-order valence-corrected chi connectivity index (χ4v) is 5.33. The standard InChI is InChI=1S/C29H28N2O4S2/c1-4-34-25-16-21(13-14-24(25)35-18-27(32)30-23-12-8-9-19(2)15-23)17-26-28(33)31(29(36)37-26)20(3)22-10-6-5-7-11-22/h5-17,20H,4,18H2,1-3H3,(H,30,32)/b26-17-/t20-/m1/s1. The number of ether oxygens (including phenoxy) is 2. The Kier molecular flexibility index (Phi) is 8.63. The number of carbonyl (C=O) groups is 2. The molecule has 1 saturated heterocycles. The third-order valence-corrected chi connectivity index (χ3v) is 7.05. The monoisotopic (exact) mass is 532 g/mol. The molecule has 8 heteroatoms. The second-order valence-corrected chi connectivity index (χ2v) is 10.2. The number of thioether (sulfide) groups is 1. The Morgan fingerprint density at radius 3 is 2.57 bits per heavy atom. The van der Waals surface area contributed by atoms with Gasteiger partial charge in [-0.25, -0.2) is 0 Å². The molecule has 1 heterocycles. The van der Waals surface area contributed by atoms with Crippen molar-refractivity contribution >= 4 is 51.9 Å². The molecule has 37 heavy (non-hydrogen) atoms. The molecule has 0 aromatic heterocycles. The average Bonchev–Trinajstić information content (AvgIpc) is 3.16. The van der Waals surface area contributed by atoms with Crippen LogP contribution in [0.5, 0.6) is 11.5 Å². The summed E-state index contributed by atoms with van der Waals surface area (Å²) in [4.78, 5) is 27.8. The van der Waals surface area contributed by atoms with Crippen molar-refractivity contribution in [3.05, 3.63) is 94.4 Å². The van der Waals surface area contributed by atoms with Gasteiger partial charge in [0.2, 0.25) is 0 Å². The van der Waals surface area contributed by atoms with Crippen LogP contribution in [-0.4, -0.2) is 34.2 Å². The Hall–Kier alpha value is -3.62. The topological polar surface area (TPSA) is 67.9 Å². The molecule has 0 spiro atoms. The number of hydrogen-bond donors (Lipinski definition) is 1. The van der Waals surface area contributed by atoms with Gasteiger partial charge in [0, 0.05) is 5.69 Å². The first-order valence-electron chi connectivity index (χ1n) is 11.9. The summed E-state index contributed by atoms with van der Waals surface area (Å²) in [7, 11) is 0. The second kappa shape index (κ2) is 12.1. The van der Waals surface area contributed by atoms with Gasteiger partial charge >= 0.3 is 0 Å². The highest BCUT2D eigenvalue weighted by molar-refractivity contribution is 8.26. The van der Waals surface area contributed by atoms with Crippen LogP contribution in [0.2, 0.25) is 0 Å². The van der Waals surface area contributed by atoms with Crippen LogP contribution >= 0.6 is 24.0 Å². The minimum absolute atomic E-state index is 0.127. The zero-order chi connectivity index (χ0) is 26.4. The zero-order valence-corrected chi connectivity index (χ0v) is 22.5. The summed E-state index contributed by atoms with van der Waals surface area (Å²) in [6, 6.07) is 22.6. The van der Waals surface area contributed by atoms with Crippen molar-refractivity contribution in [1.82, 2.24) is 4.90 Å². The highest BCUT2D eigenvalue weighted by atomic mass is 32.2. The van der Waals surface area contributed by atoms with Gasteiger partial charge in [-0.05, 0) is 67.8 Å². The van der Waals surface area contributed by atoms with Crippen molar-refractivity contribution in [2.24, 2.45) is 0 Å². The lowest BCUT2D eigenvalue weighted by atomic mass is 10.1. The van der Waals surface area contributed by atoms with E-state index in [1.807, 2.05) is 81.4 Å². The molecular formula is C29H28N2O4S2. The first-order valence-corrected chi connectivity index (χ1v) is 13.2. The van der Waals surface area contributed by atoms with Crippen LogP contribution in [0.3, 0.4) is 0 Å². The van der Waals surface area contributed by atoms with Crippen molar-refractivity contribution in [3.8, 4) is 11.5 Å². The fraction of sp³-hybridized carbons (Fsp3) is 0.207. The van der Waals surface area contributed by atoms with Crippen molar-refractivity contribution in [2.75, 3.05) is 18.5 Å². The molecule has 1 aliphatic heterocycles. The number of aryl methyl sites for hydroxylation is 1. The maximum Gasteiger partial charge on any atom is 0.266 e. The molecule has 1 N–H and O–H groups in total. The highest BCUT2D eigenvalue weighted by Gasteiger charge is 2.35. The van der Waals surface area contributed by atoms with E-state index in [0.717, 1.165) is 16.7 Å². The van der Waals surface area contributed by atoms with Gasteiger partial charge in [0.15, 0.2) is 18.1 Å². The molecule has 0 aliphatic carbocycles. The van der Waals surface area contributed by atoms with Gasteiger partial charge in [-0.1, -0.05) is 72.5 Å². The molecule has 1 atom stereocenters. The first kappa shape index (κ1) is 26.4. The van der Waals surface area contributed by atoms with Gasteiger partial charge < -0.3 is 14.8 Å². The van der Waals surface area contributed by atoms with Gasteiger partial charge in [0.25, 0.3) is 11.8 Å². The number of benzene rings is 3. The zero-order valence-electron chi connectivity index (χ0n) is 20.9. The lowest BCUT2D eigenvalue weighted by molar-refractivity contribution is -0.123. The van der Waals surface area contributed by atoms with Crippen LogP contribution < -0.4 is 14.8 Å². The molecule has 3 aromatic rings. The first-order chi connectivity index (χ1) is 17.9. The summed E-state index contributed by atoms with van der Waals surface area (Å²) < 4.78 is 12.0. The van der Waals surface area contributed by atoms with Crippen molar-refractivity contribution in [2.45, 2.75) is 26.8 Å². The van der Waals surface area contributed by atoms with Gasteiger partial charge in [0.1, 0.15) is 4.32 Å². The van der Waals surface area contributed by atoms with Crippen LogP contribution in [0.25, 0.3) is 6.08 Å². The van der Waals surface area contributed by atoms with E-state index < -0.39 is 0 Å². The number of amides is 2. The van der Waals surface area contributed by atoms with Gasteiger partial charge in [0.05, 0.1) is 17.6 Å². The Labute approximate surface area is 226 Å². The predicted molar refractivity (Wildman–Crippen MR) is 153 cm³/mol. The molecule has 3 aromatic carbocycles. The number of carbonyl (C=O) groups excluding carboxylic acids is 2. The molecule has 4 rings (SSSR count). The van der Waals surface area contributed by atoms with Crippen LogP contribution in [0.15, 0.2) is 77.7 Å². The van der Waals surface area contributed by atoms with E-state index in [-0.39, 0.29) is 24.5 Å². The minimum Gasteiger partial charge on any atom is -0.490 e. The van der Waals surface area contributed by atoms with Gasteiger partial charge in [-0.2, -0.15) is 0 Å². The molecule has 190 valence electrons. The van der Waals surface area contributed by atoms with Crippen LogP contribution in [0.4, 0.5) is 5.69 Å². The quantitative estimate of drug-likeness (QED) is 0.255. The molecule has 1 fully saturated rings. The summed E-state index contributed by atoms with van der Waals surface area (Å²) in [6.45, 7) is 6.06. The number of thiocarbonyl (C=S) groups is 1. The molecule has 1 aliphatic rings. The van der Waals surface area contributed by atoms with Gasteiger partial charge in [-0.15, -0.1) is 0 Å². The molecule has 0 radical (unpaired) electrons. The number of nitrogens with zero attached hydrogens (tertiary/aromatic N) is 1. The van der Waals surface area contributed by atoms with E-state index in [2.05, 4.69) is 5.32 Å². The van der Waals surface area contributed by atoms with Gasteiger partial charge in [-0.3, -0.25) is 14.5 Å². The number of hydrogen-bond acceptors (Lipinski definition) is 6. The van der Waals surface area contributed by atoms with Crippen molar-refractivity contribution in [1.29, 1.82) is 0 Å².